The zero-order chi connectivity index (χ0) is 9.64. The lowest BCUT2D eigenvalue weighted by Gasteiger charge is -2.13. The zero-order valence-corrected chi connectivity index (χ0v) is 8.55. The average molecular weight is 190 g/mol. The molecule has 0 aromatic heterocycles. The molecule has 0 spiro atoms. The van der Waals surface area contributed by atoms with E-state index in [0.717, 1.165) is 39.0 Å². The van der Waals surface area contributed by atoms with Crippen molar-refractivity contribution in [2.24, 2.45) is 0 Å². The van der Waals surface area contributed by atoms with Crippen molar-refractivity contribution in [2.45, 2.75) is 12.8 Å². The van der Waals surface area contributed by atoms with Crippen molar-refractivity contribution >= 4 is 0 Å². The summed E-state index contributed by atoms with van der Waals surface area (Å²) in [7, 11) is 0. The molecule has 2 nitrogen and oxygen atoms in total. The highest BCUT2D eigenvalue weighted by Crippen LogP contribution is 2.09. The van der Waals surface area contributed by atoms with E-state index < -0.39 is 0 Å². The minimum atomic E-state index is 1.09. The summed E-state index contributed by atoms with van der Waals surface area (Å²) in [6.07, 6.45) is 2.33. The molecule has 0 bridgehead atoms. The van der Waals surface area contributed by atoms with E-state index >= 15 is 0 Å². The van der Waals surface area contributed by atoms with Crippen LogP contribution < -0.4 is 10.6 Å². The Morgan fingerprint density at radius 2 is 1.21 bits per heavy atom. The lowest BCUT2D eigenvalue weighted by atomic mass is 10.0. The van der Waals surface area contributed by atoms with E-state index in [0.29, 0.717) is 0 Å². The van der Waals surface area contributed by atoms with Crippen LogP contribution in [0.4, 0.5) is 0 Å². The van der Waals surface area contributed by atoms with Crippen LogP contribution in [0.2, 0.25) is 0 Å². The van der Waals surface area contributed by atoms with Gasteiger partial charge in [0, 0.05) is 13.1 Å². The molecule has 0 saturated heterocycles. The minimum Gasteiger partial charge on any atom is -0.315 e. The molecular formula is C12H18N2. The summed E-state index contributed by atoms with van der Waals surface area (Å²) >= 11 is 0. The number of hydrogen-bond donors (Lipinski definition) is 2. The van der Waals surface area contributed by atoms with E-state index in [4.69, 9.17) is 0 Å². The molecule has 1 heterocycles. The second-order valence-electron chi connectivity index (χ2n) is 3.77. The Kier molecular flexibility index (Phi) is 3.55. The number of benzene rings is 1. The molecule has 0 fully saturated rings. The van der Waals surface area contributed by atoms with Gasteiger partial charge in [-0.15, -0.1) is 0 Å². The van der Waals surface area contributed by atoms with E-state index in [1.54, 1.807) is 0 Å². The first kappa shape index (κ1) is 9.69. The zero-order valence-electron chi connectivity index (χ0n) is 8.55. The highest BCUT2D eigenvalue weighted by atomic mass is 14.9. The lowest BCUT2D eigenvalue weighted by Crippen LogP contribution is -2.31. The van der Waals surface area contributed by atoms with Crippen LogP contribution in [0.25, 0.3) is 0 Å². The van der Waals surface area contributed by atoms with Crippen LogP contribution in [0, 0.1) is 0 Å². The molecule has 76 valence electrons. The van der Waals surface area contributed by atoms with Crippen LogP contribution in [-0.4, -0.2) is 26.2 Å². The van der Waals surface area contributed by atoms with Crippen LogP contribution in [0.1, 0.15) is 11.1 Å². The van der Waals surface area contributed by atoms with Gasteiger partial charge in [0.2, 0.25) is 0 Å². The third-order valence-corrected chi connectivity index (χ3v) is 2.74. The third kappa shape index (κ3) is 2.56. The lowest BCUT2D eigenvalue weighted by molar-refractivity contribution is 0.599. The van der Waals surface area contributed by atoms with Gasteiger partial charge in [0.05, 0.1) is 0 Å². The molecule has 1 aromatic rings. The van der Waals surface area contributed by atoms with Crippen molar-refractivity contribution in [3.8, 4) is 0 Å². The van der Waals surface area contributed by atoms with Gasteiger partial charge in [0.1, 0.15) is 0 Å². The molecular weight excluding hydrogens is 172 g/mol. The highest BCUT2D eigenvalue weighted by molar-refractivity contribution is 5.27. The highest BCUT2D eigenvalue weighted by Gasteiger charge is 2.02. The van der Waals surface area contributed by atoms with Crippen molar-refractivity contribution in [1.29, 1.82) is 0 Å². The van der Waals surface area contributed by atoms with Gasteiger partial charge in [-0.05, 0) is 37.1 Å². The maximum absolute atomic E-state index is 3.43. The van der Waals surface area contributed by atoms with Gasteiger partial charge in [0.25, 0.3) is 0 Å². The maximum Gasteiger partial charge on any atom is 0.00768 e. The Labute approximate surface area is 85.7 Å². The molecule has 0 radical (unpaired) electrons. The first-order valence-electron chi connectivity index (χ1n) is 5.45. The average Bonchev–Trinajstić information content (AvgIpc) is 2.25. The Hall–Kier alpha value is -0.860. The molecule has 2 N–H and O–H groups in total. The van der Waals surface area contributed by atoms with Crippen molar-refractivity contribution < 1.29 is 0 Å². The molecule has 0 unspecified atom stereocenters. The molecule has 2 rings (SSSR count). The number of nitrogens with one attached hydrogen (secondary N) is 2. The SMILES string of the molecule is c1ccc2c(c1)CCNCCNCC2. The summed E-state index contributed by atoms with van der Waals surface area (Å²) in [6, 6.07) is 8.77. The second kappa shape index (κ2) is 5.13. The molecule has 0 aliphatic carbocycles. The van der Waals surface area contributed by atoms with E-state index in [9.17, 15) is 0 Å². The van der Waals surface area contributed by atoms with Crippen LogP contribution in [0.3, 0.4) is 0 Å². The predicted octanol–water partition coefficient (Wildman–Crippen LogP) is 0.964. The van der Waals surface area contributed by atoms with Crippen LogP contribution in [0.15, 0.2) is 24.3 Å². The Morgan fingerprint density at radius 1 is 0.714 bits per heavy atom. The van der Waals surface area contributed by atoms with Gasteiger partial charge in [-0.2, -0.15) is 0 Å². The van der Waals surface area contributed by atoms with Gasteiger partial charge < -0.3 is 10.6 Å². The smallest absolute Gasteiger partial charge is 0.00768 e. The normalized spacial score (nSPS) is 18.6. The number of rotatable bonds is 0. The van der Waals surface area contributed by atoms with Crippen molar-refractivity contribution in [1.82, 2.24) is 10.6 Å². The summed E-state index contributed by atoms with van der Waals surface area (Å²) in [5.41, 5.74) is 3.01. The molecule has 0 atom stereocenters. The molecule has 0 amide bonds. The Morgan fingerprint density at radius 3 is 1.71 bits per heavy atom. The maximum atomic E-state index is 3.43. The Bertz CT molecular complexity index is 254. The summed E-state index contributed by atoms with van der Waals surface area (Å²) in [6.45, 7) is 4.36. The molecule has 1 aromatic carbocycles. The molecule has 0 saturated carbocycles. The fourth-order valence-electron chi connectivity index (χ4n) is 1.92. The van der Waals surface area contributed by atoms with Gasteiger partial charge in [-0.25, -0.2) is 0 Å². The van der Waals surface area contributed by atoms with Crippen molar-refractivity contribution in [3.05, 3.63) is 35.4 Å². The standard InChI is InChI=1S/C12H18N2/c1-2-4-12-6-8-14-10-9-13-7-5-11(12)3-1/h1-4,13-14H,5-10H2. The van der Waals surface area contributed by atoms with E-state index in [-0.39, 0.29) is 0 Å². The summed E-state index contributed by atoms with van der Waals surface area (Å²) in [5, 5.41) is 6.87. The number of hydrogen-bond acceptors (Lipinski definition) is 2. The van der Waals surface area contributed by atoms with Gasteiger partial charge >= 0.3 is 0 Å². The topological polar surface area (TPSA) is 24.1 Å². The largest absolute Gasteiger partial charge is 0.315 e. The molecule has 14 heavy (non-hydrogen) atoms. The quantitative estimate of drug-likeness (QED) is 0.637. The molecule has 1 aliphatic rings. The van der Waals surface area contributed by atoms with Gasteiger partial charge in [-0.3, -0.25) is 0 Å². The summed E-state index contributed by atoms with van der Waals surface area (Å²) in [5.74, 6) is 0. The monoisotopic (exact) mass is 190 g/mol. The van der Waals surface area contributed by atoms with Crippen LogP contribution >= 0.6 is 0 Å². The first-order chi connectivity index (χ1) is 6.97. The van der Waals surface area contributed by atoms with Gasteiger partial charge in [0.15, 0.2) is 0 Å². The summed E-state index contributed by atoms with van der Waals surface area (Å²) < 4.78 is 0. The van der Waals surface area contributed by atoms with E-state index in [2.05, 4.69) is 34.9 Å². The molecule has 2 heteroatoms. The van der Waals surface area contributed by atoms with E-state index in [1.807, 2.05) is 0 Å². The minimum absolute atomic E-state index is 1.09. The van der Waals surface area contributed by atoms with Gasteiger partial charge in [-0.1, -0.05) is 24.3 Å². The van der Waals surface area contributed by atoms with Crippen LogP contribution in [0.5, 0.6) is 0 Å². The second-order valence-corrected chi connectivity index (χ2v) is 3.77. The summed E-state index contributed by atoms with van der Waals surface area (Å²) in [4.78, 5) is 0. The van der Waals surface area contributed by atoms with Crippen LogP contribution in [-0.2, 0) is 12.8 Å². The molecule has 1 aliphatic heterocycles. The van der Waals surface area contributed by atoms with Crippen molar-refractivity contribution in [2.75, 3.05) is 26.2 Å². The fourth-order valence-corrected chi connectivity index (χ4v) is 1.92. The predicted molar refractivity (Wildman–Crippen MR) is 59.6 cm³/mol. The third-order valence-electron chi connectivity index (χ3n) is 2.74. The Balaban J connectivity index is 2.10. The fraction of sp³-hybridized carbons (Fsp3) is 0.500. The van der Waals surface area contributed by atoms with Crippen molar-refractivity contribution in [3.63, 3.8) is 0 Å². The van der Waals surface area contributed by atoms with E-state index in [1.165, 1.54) is 11.1 Å². The number of fused-ring (bicyclic) bond motifs is 1. The first-order valence-corrected chi connectivity index (χ1v) is 5.45.